The molecule has 0 saturated carbocycles. The van der Waals surface area contributed by atoms with Crippen LogP contribution in [0.3, 0.4) is 0 Å². The highest BCUT2D eigenvalue weighted by Crippen LogP contribution is 2.22. The summed E-state index contributed by atoms with van der Waals surface area (Å²) in [6.45, 7) is 3.84. The second kappa shape index (κ2) is 3.58. The number of aromatic nitrogens is 3. The fourth-order valence-electron chi connectivity index (χ4n) is 1.46. The molecule has 2 rings (SSSR count). The molecular formula is C11H12N4O. The maximum absolute atomic E-state index is 8.78. The monoisotopic (exact) mass is 216 g/mol. The number of rotatable bonds is 2. The molecule has 0 aliphatic rings. The lowest BCUT2D eigenvalue weighted by atomic mass is 10.1. The first-order valence-corrected chi connectivity index (χ1v) is 4.89. The van der Waals surface area contributed by atoms with Crippen LogP contribution in [-0.4, -0.2) is 21.7 Å². The Morgan fingerprint density at radius 2 is 2.19 bits per heavy atom. The van der Waals surface area contributed by atoms with E-state index in [0.29, 0.717) is 11.2 Å². The second-order valence-electron chi connectivity index (χ2n) is 3.99. The van der Waals surface area contributed by atoms with Crippen LogP contribution in [0.5, 0.6) is 0 Å². The van der Waals surface area contributed by atoms with Crippen molar-refractivity contribution in [3.05, 3.63) is 29.7 Å². The molecule has 0 saturated heterocycles. The van der Waals surface area contributed by atoms with Gasteiger partial charge in [-0.3, -0.25) is 4.40 Å². The van der Waals surface area contributed by atoms with E-state index in [1.165, 1.54) is 0 Å². The van der Waals surface area contributed by atoms with Crippen molar-refractivity contribution in [1.82, 2.24) is 14.6 Å². The summed E-state index contributed by atoms with van der Waals surface area (Å²) in [5.41, 5.74) is 0.717. The van der Waals surface area contributed by atoms with Gasteiger partial charge in [0.15, 0.2) is 11.5 Å². The van der Waals surface area contributed by atoms with Crippen LogP contribution in [0.2, 0.25) is 0 Å². The van der Waals surface area contributed by atoms with Crippen molar-refractivity contribution in [2.24, 2.45) is 0 Å². The molecule has 16 heavy (non-hydrogen) atoms. The van der Waals surface area contributed by atoms with Gasteiger partial charge in [0.2, 0.25) is 0 Å². The maximum Gasteiger partial charge on any atom is 0.169 e. The third kappa shape index (κ3) is 1.53. The summed E-state index contributed by atoms with van der Waals surface area (Å²) < 4.78 is 7.18. The van der Waals surface area contributed by atoms with Gasteiger partial charge in [-0.1, -0.05) is 0 Å². The summed E-state index contributed by atoms with van der Waals surface area (Å²) in [4.78, 5) is 0. The van der Waals surface area contributed by atoms with E-state index in [0.717, 1.165) is 5.82 Å². The largest absolute Gasteiger partial charge is 0.371 e. The van der Waals surface area contributed by atoms with E-state index in [4.69, 9.17) is 10.00 Å². The zero-order chi connectivity index (χ0) is 11.8. The molecule has 2 aromatic rings. The average molecular weight is 216 g/mol. The van der Waals surface area contributed by atoms with Gasteiger partial charge in [-0.05, 0) is 19.9 Å². The molecule has 0 N–H and O–H groups in total. The normalized spacial score (nSPS) is 11.6. The lowest BCUT2D eigenvalue weighted by Gasteiger charge is -2.20. The smallest absolute Gasteiger partial charge is 0.169 e. The van der Waals surface area contributed by atoms with Crippen molar-refractivity contribution in [2.75, 3.05) is 7.11 Å². The van der Waals surface area contributed by atoms with Crippen LogP contribution >= 0.6 is 0 Å². The van der Waals surface area contributed by atoms with Crippen LogP contribution in [0.4, 0.5) is 0 Å². The molecule has 0 atom stereocenters. The summed E-state index contributed by atoms with van der Waals surface area (Å²) in [6.07, 6.45) is 1.78. The number of pyridine rings is 1. The number of nitrogens with zero attached hydrogens (tertiary/aromatic N) is 4. The third-order valence-electron chi connectivity index (χ3n) is 2.59. The number of ether oxygens (including phenoxy) is 1. The zero-order valence-electron chi connectivity index (χ0n) is 9.43. The lowest BCUT2D eigenvalue weighted by Crippen LogP contribution is -2.22. The van der Waals surface area contributed by atoms with Gasteiger partial charge in [0.25, 0.3) is 0 Å². The van der Waals surface area contributed by atoms with Gasteiger partial charge in [-0.15, -0.1) is 10.2 Å². The average Bonchev–Trinajstić information content (AvgIpc) is 2.72. The Bertz CT molecular complexity index is 565. The van der Waals surface area contributed by atoms with Crippen LogP contribution in [0, 0.1) is 11.3 Å². The van der Waals surface area contributed by atoms with Crippen LogP contribution in [0.25, 0.3) is 5.65 Å². The first kappa shape index (κ1) is 10.6. The SMILES string of the molecule is COC(C)(C)c1nnc2cc(C#N)ccn12. The summed E-state index contributed by atoms with van der Waals surface area (Å²) in [7, 11) is 1.63. The molecule has 0 spiro atoms. The minimum Gasteiger partial charge on any atom is -0.371 e. The molecule has 0 aliphatic carbocycles. The van der Waals surface area contributed by atoms with Crippen molar-refractivity contribution in [1.29, 1.82) is 5.26 Å². The molecule has 0 aliphatic heterocycles. The molecule has 0 radical (unpaired) electrons. The van der Waals surface area contributed by atoms with Gasteiger partial charge in [0.1, 0.15) is 5.60 Å². The van der Waals surface area contributed by atoms with Gasteiger partial charge < -0.3 is 4.74 Å². The van der Waals surface area contributed by atoms with Crippen molar-refractivity contribution >= 4 is 5.65 Å². The van der Waals surface area contributed by atoms with E-state index in [1.54, 1.807) is 25.4 Å². The topological polar surface area (TPSA) is 63.2 Å². The summed E-state index contributed by atoms with van der Waals surface area (Å²) in [5.74, 6) is 0.717. The molecule has 5 heteroatoms. The number of methoxy groups -OCH3 is 1. The Kier molecular flexibility index (Phi) is 2.37. The standard InChI is InChI=1S/C11H12N4O/c1-11(2,16-3)10-14-13-9-6-8(7-12)4-5-15(9)10/h4-6H,1-3H3. The Morgan fingerprint density at radius 1 is 1.44 bits per heavy atom. The molecule has 0 fully saturated rings. The molecule has 0 unspecified atom stereocenters. The molecule has 0 aromatic carbocycles. The van der Waals surface area contributed by atoms with Gasteiger partial charge in [0.05, 0.1) is 11.6 Å². The van der Waals surface area contributed by atoms with Crippen molar-refractivity contribution in [2.45, 2.75) is 19.4 Å². The molecule has 2 aromatic heterocycles. The first-order chi connectivity index (χ1) is 7.58. The van der Waals surface area contributed by atoms with Gasteiger partial charge >= 0.3 is 0 Å². The van der Waals surface area contributed by atoms with Crippen molar-refractivity contribution in [3.8, 4) is 6.07 Å². The predicted octanol–water partition coefficient (Wildman–Crippen LogP) is 1.48. The number of hydrogen-bond donors (Lipinski definition) is 0. The number of hydrogen-bond acceptors (Lipinski definition) is 4. The van der Waals surface area contributed by atoms with Gasteiger partial charge in [0, 0.05) is 19.4 Å². The highest BCUT2D eigenvalue weighted by molar-refractivity contribution is 5.45. The molecular weight excluding hydrogens is 204 g/mol. The summed E-state index contributed by atoms with van der Waals surface area (Å²) in [5, 5.41) is 16.9. The number of nitriles is 1. The number of fused-ring (bicyclic) bond motifs is 1. The third-order valence-corrected chi connectivity index (χ3v) is 2.59. The van der Waals surface area contributed by atoms with Crippen molar-refractivity contribution in [3.63, 3.8) is 0 Å². The van der Waals surface area contributed by atoms with Crippen LogP contribution in [-0.2, 0) is 10.3 Å². The summed E-state index contributed by atoms with van der Waals surface area (Å²) >= 11 is 0. The first-order valence-electron chi connectivity index (χ1n) is 4.89. The maximum atomic E-state index is 8.78. The molecule has 0 amide bonds. The molecule has 2 heterocycles. The van der Waals surface area contributed by atoms with E-state index in [-0.39, 0.29) is 0 Å². The fourth-order valence-corrected chi connectivity index (χ4v) is 1.46. The molecule has 5 nitrogen and oxygen atoms in total. The quantitative estimate of drug-likeness (QED) is 0.762. The van der Waals surface area contributed by atoms with E-state index < -0.39 is 5.60 Å². The minimum atomic E-state index is -0.506. The van der Waals surface area contributed by atoms with E-state index >= 15 is 0 Å². The Balaban J connectivity index is 2.63. The molecule has 82 valence electrons. The van der Waals surface area contributed by atoms with Crippen LogP contribution in [0.1, 0.15) is 25.2 Å². The van der Waals surface area contributed by atoms with E-state index in [2.05, 4.69) is 16.3 Å². The van der Waals surface area contributed by atoms with E-state index in [9.17, 15) is 0 Å². The van der Waals surface area contributed by atoms with E-state index in [1.807, 2.05) is 18.2 Å². The molecule has 0 bridgehead atoms. The lowest BCUT2D eigenvalue weighted by molar-refractivity contribution is 0.0106. The van der Waals surface area contributed by atoms with Crippen molar-refractivity contribution < 1.29 is 4.74 Å². The van der Waals surface area contributed by atoms with Gasteiger partial charge in [-0.25, -0.2) is 0 Å². The van der Waals surface area contributed by atoms with Crippen LogP contribution < -0.4 is 0 Å². The Hall–Kier alpha value is -1.93. The highest BCUT2D eigenvalue weighted by atomic mass is 16.5. The fraction of sp³-hybridized carbons (Fsp3) is 0.364. The van der Waals surface area contributed by atoms with Gasteiger partial charge in [-0.2, -0.15) is 5.26 Å². The second-order valence-corrected chi connectivity index (χ2v) is 3.99. The van der Waals surface area contributed by atoms with Crippen LogP contribution in [0.15, 0.2) is 18.3 Å². The zero-order valence-corrected chi connectivity index (χ0v) is 9.43. The summed E-state index contributed by atoms with van der Waals surface area (Å²) in [6, 6.07) is 5.49. The Morgan fingerprint density at radius 3 is 2.81 bits per heavy atom. The predicted molar refractivity (Wildman–Crippen MR) is 57.7 cm³/mol. The Labute approximate surface area is 93.3 Å². The highest BCUT2D eigenvalue weighted by Gasteiger charge is 2.25. The minimum absolute atomic E-state index is 0.506.